The van der Waals surface area contributed by atoms with Gasteiger partial charge < -0.3 is 15.4 Å². The predicted octanol–water partition coefficient (Wildman–Crippen LogP) is 2.92. The first kappa shape index (κ1) is 26.1. The summed E-state index contributed by atoms with van der Waals surface area (Å²) in [7, 11) is 1.82. The molecule has 1 saturated heterocycles. The number of morpholine rings is 1. The van der Waals surface area contributed by atoms with Crippen molar-refractivity contribution in [2.24, 2.45) is 4.99 Å². The largest absolute Gasteiger partial charge is 0.379 e. The van der Waals surface area contributed by atoms with Crippen LogP contribution >= 0.6 is 24.0 Å². The van der Waals surface area contributed by atoms with Gasteiger partial charge in [-0.1, -0.05) is 38.1 Å². The van der Waals surface area contributed by atoms with Crippen LogP contribution in [-0.4, -0.2) is 74.3 Å². The van der Waals surface area contributed by atoms with Gasteiger partial charge in [0.25, 0.3) is 0 Å². The Morgan fingerprint density at radius 2 is 1.66 bits per heavy atom. The lowest BCUT2D eigenvalue weighted by molar-refractivity contribution is -0.00834. The summed E-state index contributed by atoms with van der Waals surface area (Å²) in [5, 5.41) is 6.91. The fourth-order valence-corrected chi connectivity index (χ4v) is 3.45. The molecule has 0 saturated carbocycles. The lowest BCUT2D eigenvalue weighted by Gasteiger charge is -2.41. The summed E-state index contributed by atoms with van der Waals surface area (Å²) in [6.07, 6.45) is 0. The SMILES string of the molecule is CCN(CC)Cc1ccc(CNC(=NC)NCC(C)(C)N2CCOCC2)cc1.I. The van der Waals surface area contributed by atoms with Gasteiger partial charge in [0.05, 0.1) is 13.2 Å². The first-order valence-electron chi connectivity index (χ1n) is 10.6. The normalized spacial score (nSPS) is 15.9. The molecular weight excluding hydrogens is 477 g/mol. The molecule has 0 aliphatic carbocycles. The van der Waals surface area contributed by atoms with Gasteiger partial charge in [-0.25, -0.2) is 0 Å². The summed E-state index contributed by atoms with van der Waals surface area (Å²) in [5.41, 5.74) is 2.69. The zero-order chi connectivity index (χ0) is 20.4. The highest BCUT2D eigenvalue weighted by atomic mass is 127. The standard InChI is InChI=1S/C22H39N5O.HI/c1-6-26(7-2)17-20-10-8-19(9-11-20)16-24-21(23-5)25-18-22(3,4)27-12-14-28-15-13-27;/h8-11H,6-7,12-18H2,1-5H3,(H2,23,24,25);1H. The maximum absolute atomic E-state index is 5.47. The molecule has 7 heteroatoms. The van der Waals surface area contributed by atoms with Gasteiger partial charge in [0.2, 0.25) is 0 Å². The Hall–Kier alpha value is -0.900. The minimum Gasteiger partial charge on any atom is -0.379 e. The number of nitrogens with zero attached hydrogens (tertiary/aromatic N) is 3. The Morgan fingerprint density at radius 3 is 2.21 bits per heavy atom. The van der Waals surface area contributed by atoms with E-state index in [0.717, 1.165) is 65.0 Å². The Labute approximate surface area is 194 Å². The second-order valence-electron chi connectivity index (χ2n) is 7.97. The van der Waals surface area contributed by atoms with Crippen LogP contribution in [0.3, 0.4) is 0 Å². The molecule has 2 rings (SSSR count). The lowest BCUT2D eigenvalue weighted by Crippen LogP contribution is -2.56. The van der Waals surface area contributed by atoms with Gasteiger partial charge in [0, 0.05) is 45.3 Å². The zero-order valence-corrected chi connectivity index (χ0v) is 21.2. The molecule has 1 fully saturated rings. The van der Waals surface area contributed by atoms with Crippen LogP contribution in [0.2, 0.25) is 0 Å². The highest BCUT2D eigenvalue weighted by Gasteiger charge is 2.28. The van der Waals surface area contributed by atoms with Gasteiger partial charge in [-0.15, -0.1) is 24.0 Å². The Balaban J connectivity index is 0.00000420. The molecule has 0 spiro atoms. The summed E-state index contributed by atoms with van der Waals surface area (Å²) in [6.45, 7) is 17.4. The quantitative estimate of drug-likeness (QED) is 0.300. The molecule has 0 amide bonds. The fraction of sp³-hybridized carbons (Fsp3) is 0.682. The van der Waals surface area contributed by atoms with Crippen LogP contribution < -0.4 is 10.6 Å². The van der Waals surface area contributed by atoms with Gasteiger partial charge in [-0.3, -0.25) is 14.8 Å². The van der Waals surface area contributed by atoms with E-state index in [9.17, 15) is 0 Å². The molecule has 0 bridgehead atoms. The first-order chi connectivity index (χ1) is 13.5. The van der Waals surface area contributed by atoms with Crippen molar-refractivity contribution in [2.75, 3.05) is 53.0 Å². The van der Waals surface area contributed by atoms with Crippen molar-refractivity contribution < 1.29 is 4.74 Å². The van der Waals surface area contributed by atoms with Crippen molar-refractivity contribution in [3.63, 3.8) is 0 Å². The molecule has 1 aliphatic rings. The number of rotatable bonds is 9. The van der Waals surface area contributed by atoms with Gasteiger partial charge in [-0.2, -0.15) is 0 Å². The average Bonchev–Trinajstić information content (AvgIpc) is 2.73. The molecule has 0 aromatic heterocycles. The minimum atomic E-state index is 0. The smallest absolute Gasteiger partial charge is 0.191 e. The maximum Gasteiger partial charge on any atom is 0.191 e. The molecule has 6 nitrogen and oxygen atoms in total. The average molecular weight is 518 g/mol. The van der Waals surface area contributed by atoms with Crippen molar-refractivity contribution in [2.45, 2.75) is 46.3 Å². The highest BCUT2D eigenvalue weighted by molar-refractivity contribution is 14.0. The number of guanidine groups is 1. The van der Waals surface area contributed by atoms with Crippen LogP contribution in [0, 0.1) is 0 Å². The van der Waals surface area contributed by atoms with Crippen LogP contribution in [-0.2, 0) is 17.8 Å². The molecule has 29 heavy (non-hydrogen) atoms. The topological polar surface area (TPSA) is 52.1 Å². The number of hydrogen-bond donors (Lipinski definition) is 2. The third-order valence-electron chi connectivity index (χ3n) is 5.56. The number of benzene rings is 1. The van der Waals surface area contributed by atoms with E-state index in [1.54, 1.807) is 0 Å². The van der Waals surface area contributed by atoms with E-state index >= 15 is 0 Å². The predicted molar refractivity (Wildman–Crippen MR) is 133 cm³/mol. The Kier molecular flexibility index (Phi) is 12.1. The maximum atomic E-state index is 5.47. The van der Waals surface area contributed by atoms with Crippen molar-refractivity contribution in [1.29, 1.82) is 0 Å². The second-order valence-corrected chi connectivity index (χ2v) is 7.97. The summed E-state index contributed by atoms with van der Waals surface area (Å²) >= 11 is 0. The molecule has 1 aromatic rings. The summed E-state index contributed by atoms with van der Waals surface area (Å²) in [4.78, 5) is 9.28. The Morgan fingerprint density at radius 1 is 1.07 bits per heavy atom. The molecule has 2 N–H and O–H groups in total. The van der Waals surface area contributed by atoms with Crippen molar-refractivity contribution >= 4 is 29.9 Å². The van der Waals surface area contributed by atoms with E-state index < -0.39 is 0 Å². The van der Waals surface area contributed by atoms with E-state index in [4.69, 9.17) is 4.74 Å². The van der Waals surface area contributed by atoms with E-state index in [1.807, 2.05) is 7.05 Å². The second kappa shape index (κ2) is 13.4. The molecule has 0 atom stereocenters. The number of halogens is 1. The Bertz CT molecular complexity index is 596. The molecule has 1 heterocycles. The van der Waals surface area contributed by atoms with Crippen LogP contribution in [0.15, 0.2) is 29.3 Å². The van der Waals surface area contributed by atoms with E-state index in [2.05, 4.69) is 77.4 Å². The van der Waals surface area contributed by atoms with E-state index in [0.29, 0.717) is 0 Å². The number of nitrogens with one attached hydrogen (secondary N) is 2. The molecule has 1 aromatic carbocycles. The lowest BCUT2D eigenvalue weighted by atomic mass is 10.0. The molecule has 166 valence electrons. The van der Waals surface area contributed by atoms with Gasteiger partial charge >= 0.3 is 0 Å². The van der Waals surface area contributed by atoms with Crippen molar-refractivity contribution in [3.8, 4) is 0 Å². The fourth-order valence-electron chi connectivity index (χ4n) is 3.45. The van der Waals surface area contributed by atoms with Crippen molar-refractivity contribution in [3.05, 3.63) is 35.4 Å². The van der Waals surface area contributed by atoms with Crippen LogP contribution in [0.5, 0.6) is 0 Å². The van der Waals surface area contributed by atoms with E-state index in [1.165, 1.54) is 11.1 Å². The van der Waals surface area contributed by atoms with Crippen molar-refractivity contribution in [1.82, 2.24) is 20.4 Å². The monoisotopic (exact) mass is 517 g/mol. The number of hydrogen-bond acceptors (Lipinski definition) is 4. The van der Waals surface area contributed by atoms with Crippen LogP contribution in [0.1, 0.15) is 38.8 Å². The highest BCUT2D eigenvalue weighted by Crippen LogP contribution is 2.15. The summed E-state index contributed by atoms with van der Waals surface area (Å²) in [5.74, 6) is 0.841. The van der Waals surface area contributed by atoms with E-state index in [-0.39, 0.29) is 29.5 Å². The van der Waals surface area contributed by atoms with Crippen LogP contribution in [0.25, 0.3) is 0 Å². The zero-order valence-electron chi connectivity index (χ0n) is 18.8. The minimum absolute atomic E-state index is 0. The molecule has 1 aliphatic heterocycles. The summed E-state index contributed by atoms with van der Waals surface area (Å²) in [6, 6.07) is 8.87. The summed E-state index contributed by atoms with van der Waals surface area (Å²) < 4.78 is 5.47. The number of aliphatic imine (C=N–C) groups is 1. The molecule has 0 unspecified atom stereocenters. The van der Waals surface area contributed by atoms with Gasteiger partial charge in [0.1, 0.15) is 0 Å². The third kappa shape index (κ3) is 8.78. The van der Waals surface area contributed by atoms with Gasteiger partial charge in [-0.05, 0) is 38.1 Å². The first-order valence-corrected chi connectivity index (χ1v) is 10.6. The number of ether oxygens (including phenoxy) is 1. The third-order valence-corrected chi connectivity index (χ3v) is 5.56. The van der Waals surface area contributed by atoms with Crippen LogP contribution in [0.4, 0.5) is 0 Å². The molecule has 0 radical (unpaired) electrons. The molecular formula is C22H40IN5O. The van der Waals surface area contributed by atoms with Gasteiger partial charge in [0.15, 0.2) is 5.96 Å².